The summed E-state index contributed by atoms with van der Waals surface area (Å²) in [4.78, 5) is 29.9. The number of carbonyl (C=O) groups is 2. The molecule has 0 aliphatic carbocycles. The van der Waals surface area contributed by atoms with Gasteiger partial charge in [0.25, 0.3) is 0 Å². The van der Waals surface area contributed by atoms with E-state index in [1.165, 1.54) is 4.90 Å². The lowest BCUT2D eigenvalue weighted by atomic mass is 9.99. The fraction of sp³-hybridized carbons (Fsp3) is 0.471. The van der Waals surface area contributed by atoms with Crippen molar-refractivity contribution in [3.8, 4) is 0 Å². The van der Waals surface area contributed by atoms with Gasteiger partial charge in [0.05, 0.1) is 15.2 Å². The van der Waals surface area contributed by atoms with Crippen LogP contribution in [0.15, 0.2) is 24.3 Å². The second-order valence-corrected chi connectivity index (χ2v) is 7.27. The number of para-hydroxylation sites is 1. The first kappa shape index (κ1) is 15.9. The minimum absolute atomic E-state index is 0.0616. The molecule has 0 radical (unpaired) electrons. The Balaban J connectivity index is 1.58. The Morgan fingerprint density at radius 1 is 1.39 bits per heavy atom. The highest BCUT2D eigenvalue weighted by molar-refractivity contribution is 7.18. The number of likely N-dealkylation sites (tertiary alicyclic amines) is 1. The molecule has 1 aromatic heterocycles. The van der Waals surface area contributed by atoms with Gasteiger partial charge in [-0.15, -0.1) is 11.3 Å². The fourth-order valence-corrected chi connectivity index (χ4v) is 4.15. The molecule has 0 bridgehead atoms. The Hall–Kier alpha value is -1.95. The molecule has 1 aliphatic rings. The monoisotopic (exact) mass is 332 g/mol. The van der Waals surface area contributed by atoms with E-state index in [-0.39, 0.29) is 5.91 Å². The number of carboxylic acids is 1. The molecule has 23 heavy (non-hydrogen) atoms. The van der Waals surface area contributed by atoms with E-state index in [1.54, 1.807) is 18.3 Å². The average Bonchev–Trinajstić information content (AvgIpc) is 3.11. The van der Waals surface area contributed by atoms with Crippen molar-refractivity contribution in [2.24, 2.45) is 0 Å². The van der Waals surface area contributed by atoms with E-state index in [9.17, 15) is 14.7 Å². The third-order valence-electron chi connectivity index (χ3n) is 4.52. The highest BCUT2D eigenvalue weighted by Gasteiger charge is 2.45. The van der Waals surface area contributed by atoms with E-state index in [2.05, 4.69) is 4.98 Å². The number of amides is 1. The molecule has 0 saturated carbocycles. The Morgan fingerprint density at radius 2 is 2.17 bits per heavy atom. The second-order valence-electron chi connectivity index (χ2n) is 6.16. The van der Waals surface area contributed by atoms with Crippen molar-refractivity contribution in [1.82, 2.24) is 9.88 Å². The van der Waals surface area contributed by atoms with Crippen molar-refractivity contribution in [3.63, 3.8) is 0 Å². The standard InChI is InChI=1S/C17H20N2O3S/c1-17(16(21)22)10-5-11-19(17)15(20)9-4-8-14-18-12-6-2-3-7-13(12)23-14/h2-3,6-7H,4-5,8-11H2,1H3,(H,21,22). The lowest BCUT2D eigenvalue weighted by molar-refractivity contribution is -0.155. The zero-order chi connectivity index (χ0) is 16.4. The molecule has 1 unspecified atom stereocenters. The molecule has 1 atom stereocenters. The number of aliphatic carboxylic acids is 1. The van der Waals surface area contributed by atoms with E-state index in [1.807, 2.05) is 24.3 Å². The van der Waals surface area contributed by atoms with Crippen LogP contribution in [-0.2, 0) is 16.0 Å². The number of hydrogen-bond donors (Lipinski definition) is 1. The molecule has 1 amide bonds. The summed E-state index contributed by atoms with van der Waals surface area (Å²) in [6, 6.07) is 8.00. The lowest BCUT2D eigenvalue weighted by Crippen LogP contribution is -2.50. The lowest BCUT2D eigenvalue weighted by Gasteiger charge is -2.31. The van der Waals surface area contributed by atoms with Gasteiger partial charge in [0, 0.05) is 13.0 Å². The number of rotatable bonds is 5. The van der Waals surface area contributed by atoms with E-state index in [0.29, 0.717) is 25.8 Å². The van der Waals surface area contributed by atoms with Crippen LogP contribution in [0.1, 0.15) is 37.6 Å². The number of benzene rings is 1. The van der Waals surface area contributed by atoms with Crippen molar-refractivity contribution in [3.05, 3.63) is 29.3 Å². The van der Waals surface area contributed by atoms with E-state index in [0.717, 1.165) is 28.1 Å². The molecule has 6 heteroatoms. The van der Waals surface area contributed by atoms with Gasteiger partial charge in [-0.2, -0.15) is 0 Å². The zero-order valence-electron chi connectivity index (χ0n) is 13.1. The predicted molar refractivity (Wildman–Crippen MR) is 89.5 cm³/mol. The number of carbonyl (C=O) groups excluding carboxylic acids is 1. The molecule has 122 valence electrons. The maximum atomic E-state index is 12.4. The van der Waals surface area contributed by atoms with E-state index < -0.39 is 11.5 Å². The molecule has 3 rings (SSSR count). The van der Waals surface area contributed by atoms with Gasteiger partial charge < -0.3 is 10.0 Å². The highest BCUT2D eigenvalue weighted by Crippen LogP contribution is 2.30. The first-order valence-electron chi connectivity index (χ1n) is 7.89. The number of nitrogens with zero attached hydrogens (tertiary/aromatic N) is 2. The van der Waals surface area contributed by atoms with Crippen LogP contribution in [0.2, 0.25) is 0 Å². The molecular weight excluding hydrogens is 312 g/mol. The summed E-state index contributed by atoms with van der Waals surface area (Å²) in [6.45, 7) is 2.19. The van der Waals surface area contributed by atoms with Crippen LogP contribution in [0, 0.1) is 0 Å². The Labute approximate surface area is 138 Å². The molecule has 5 nitrogen and oxygen atoms in total. The molecule has 1 N–H and O–H groups in total. The van der Waals surface area contributed by atoms with Crippen LogP contribution in [0.25, 0.3) is 10.2 Å². The summed E-state index contributed by atoms with van der Waals surface area (Å²) in [5.74, 6) is -0.969. The van der Waals surface area contributed by atoms with E-state index >= 15 is 0 Å². The van der Waals surface area contributed by atoms with Crippen LogP contribution < -0.4 is 0 Å². The summed E-state index contributed by atoms with van der Waals surface area (Å²) in [7, 11) is 0. The average molecular weight is 332 g/mol. The van der Waals surface area contributed by atoms with Crippen molar-refractivity contribution in [1.29, 1.82) is 0 Å². The first-order chi connectivity index (χ1) is 11.0. The van der Waals surface area contributed by atoms with Crippen LogP contribution in [0.5, 0.6) is 0 Å². The van der Waals surface area contributed by atoms with Crippen LogP contribution in [0.4, 0.5) is 0 Å². The highest BCUT2D eigenvalue weighted by atomic mass is 32.1. The molecule has 1 aromatic carbocycles. The Bertz CT molecular complexity index is 709. The third-order valence-corrected chi connectivity index (χ3v) is 5.62. The fourth-order valence-electron chi connectivity index (χ4n) is 3.14. The minimum atomic E-state index is -1.03. The third kappa shape index (κ3) is 3.08. The summed E-state index contributed by atoms with van der Waals surface area (Å²) < 4.78 is 1.16. The van der Waals surface area contributed by atoms with Crippen molar-refractivity contribution in [2.45, 2.75) is 44.6 Å². The number of aryl methyl sites for hydroxylation is 1. The van der Waals surface area contributed by atoms with Crippen molar-refractivity contribution < 1.29 is 14.7 Å². The SMILES string of the molecule is CC1(C(=O)O)CCCN1C(=O)CCCc1nc2ccccc2s1. The van der Waals surface area contributed by atoms with Gasteiger partial charge >= 0.3 is 5.97 Å². The van der Waals surface area contributed by atoms with Crippen LogP contribution in [0.3, 0.4) is 0 Å². The normalized spacial score (nSPS) is 21.0. The number of carboxylic acid groups (broad SMARTS) is 1. The molecule has 0 spiro atoms. The van der Waals surface area contributed by atoms with Crippen LogP contribution >= 0.6 is 11.3 Å². The van der Waals surface area contributed by atoms with Crippen LogP contribution in [-0.4, -0.2) is 39.0 Å². The number of hydrogen-bond acceptors (Lipinski definition) is 4. The van der Waals surface area contributed by atoms with Gasteiger partial charge in [-0.1, -0.05) is 12.1 Å². The van der Waals surface area contributed by atoms with Gasteiger partial charge in [0.15, 0.2) is 0 Å². The van der Waals surface area contributed by atoms with Gasteiger partial charge in [-0.25, -0.2) is 9.78 Å². The number of thiazole rings is 1. The minimum Gasteiger partial charge on any atom is -0.480 e. The van der Waals surface area contributed by atoms with Gasteiger partial charge in [0.1, 0.15) is 5.54 Å². The number of aromatic nitrogens is 1. The maximum Gasteiger partial charge on any atom is 0.329 e. The molecule has 1 fully saturated rings. The van der Waals surface area contributed by atoms with Gasteiger partial charge in [-0.05, 0) is 44.7 Å². The topological polar surface area (TPSA) is 70.5 Å². The summed E-state index contributed by atoms with van der Waals surface area (Å²) in [5, 5.41) is 10.4. The zero-order valence-corrected chi connectivity index (χ0v) is 13.9. The van der Waals surface area contributed by atoms with Crippen molar-refractivity contribution in [2.75, 3.05) is 6.54 Å². The molecule has 1 saturated heterocycles. The van der Waals surface area contributed by atoms with E-state index in [4.69, 9.17) is 0 Å². The maximum absolute atomic E-state index is 12.4. The molecule has 2 aromatic rings. The molecule has 1 aliphatic heterocycles. The number of fused-ring (bicyclic) bond motifs is 1. The quantitative estimate of drug-likeness (QED) is 0.913. The van der Waals surface area contributed by atoms with Gasteiger partial charge in [0.2, 0.25) is 5.91 Å². The van der Waals surface area contributed by atoms with Gasteiger partial charge in [-0.3, -0.25) is 4.79 Å². The summed E-state index contributed by atoms with van der Waals surface area (Å²) in [5.41, 5.74) is -0.0377. The first-order valence-corrected chi connectivity index (χ1v) is 8.71. The summed E-state index contributed by atoms with van der Waals surface area (Å²) in [6.07, 6.45) is 3.12. The largest absolute Gasteiger partial charge is 0.480 e. The summed E-state index contributed by atoms with van der Waals surface area (Å²) >= 11 is 1.66. The van der Waals surface area contributed by atoms with Crippen molar-refractivity contribution >= 4 is 33.4 Å². The Kier molecular flexibility index (Phi) is 4.35. The smallest absolute Gasteiger partial charge is 0.329 e. The second kappa shape index (κ2) is 6.28. The molecule has 2 heterocycles. The Morgan fingerprint density at radius 3 is 2.91 bits per heavy atom. The predicted octanol–water partition coefficient (Wildman–Crippen LogP) is 3.08. The molecular formula is C17H20N2O3S.